The Labute approximate surface area is 303 Å². The summed E-state index contributed by atoms with van der Waals surface area (Å²) in [5.74, 6) is -0.664. The van der Waals surface area contributed by atoms with Gasteiger partial charge in [-0.15, -0.1) is 0 Å². The van der Waals surface area contributed by atoms with Crippen LogP contribution in [-0.4, -0.2) is 128 Å². The predicted octanol–water partition coefficient (Wildman–Crippen LogP) is 4.78. The topological polar surface area (TPSA) is 108 Å². The summed E-state index contributed by atoms with van der Waals surface area (Å²) in [6.07, 6.45) is 2.30. The van der Waals surface area contributed by atoms with E-state index in [1.54, 1.807) is 7.11 Å². The molecule has 3 aromatic rings. The van der Waals surface area contributed by atoms with Crippen LogP contribution >= 0.6 is 0 Å². The third kappa shape index (κ3) is 14.5. The first-order valence-electron chi connectivity index (χ1n) is 17.9. The van der Waals surface area contributed by atoms with Crippen LogP contribution in [0.5, 0.6) is 0 Å². The molecule has 1 N–H and O–H groups in total. The predicted molar refractivity (Wildman–Crippen MR) is 197 cm³/mol. The Kier molecular flexibility index (Phi) is 18.7. The average Bonchev–Trinajstić information content (AvgIpc) is 3.68. The molecule has 3 aromatic carbocycles. The van der Waals surface area contributed by atoms with E-state index in [-0.39, 0.29) is 31.1 Å². The van der Waals surface area contributed by atoms with Crippen LogP contribution in [0.4, 0.5) is 5.69 Å². The molecule has 278 valence electrons. The van der Waals surface area contributed by atoms with Crippen LogP contribution in [0.1, 0.15) is 41.5 Å². The smallest absolute Gasteiger partial charge is 0.250 e. The second kappa shape index (κ2) is 23.7. The molecule has 0 aliphatic carbocycles. The van der Waals surface area contributed by atoms with E-state index in [0.29, 0.717) is 71.7 Å². The Morgan fingerprint density at radius 2 is 1.16 bits per heavy atom. The zero-order valence-corrected chi connectivity index (χ0v) is 30.2. The van der Waals surface area contributed by atoms with Crippen LogP contribution in [0.15, 0.2) is 84.9 Å². The van der Waals surface area contributed by atoms with Crippen LogP contribution in [0.3, 0.4) is 0 Å². The number of ether oxygens (including phenoxy) is 6. The molecule has 1 heterocycles. The number of likely N-dealkylation sites (tertiary alicyclic amines) is 1. The van der Waals surface area contributed by atoms with Gasteiger partial charge in [0.2, 0.25) is 11.8 Å². The molecule has 0 spiro atoms. The van der Waals surface area contributed by atoms with Gasteiger partial charge >= 0.3 is 0 Å². The van der Waals surface area contributed by atoms with Gasteiger partial charge in [-0.3, -0.25) is 9.59 Å². The number of anilines is 1. The second-order valence-electron chi connectivity index (χ2n) is 12.4. The summed E-state index contributed by atoms with van der Waals surface area (Å²) in [5, 5.41) is 2.96. The fourth-order valence-corrected chi connectivity index (χ4v) is 5.99. The number of benzene rings is 3. The molecule has 11 heteroatoms. The fourth-order valence-electron chi connectivity index (χ4n) is 5.99. The molecule has 0 bridgehead atoms. The highest BCUT2D eigenvalue weighted by Gasteiger charge is 2.32. The summed E-state index contributed by atoms with van der Waals surface area (Å²) in [6.45, 7) is 7.29. The van der Waals surface area contributed by atoms with Crippen LogP contribution in [0, 0.1) is 0 Å². The Balaban J connectivity index is 1.23. The number of nitrogens with one attached hydrogen (secondary N) is 1. The molecule has 1 saturated heterocycles. The van der Waals surface area contributed by atoms with E-state index < -0.39 is 5.92 Å². The molecule has 0 aromatic heterocycles. The van der Waals surface area contributed by atoms with Crippen molar-refractivity contribution in [2.45, 2.75) is 24.8 Å². The Morgan fingerprint density at radius 3 is 1.69 bits per heavy atom. The largest absolute Gasteiger partial charge is 0.382 e. The number of likely N-dealkylation sites (N-methyl/N-ethyl adjacent to an activating group) is 1. The normalized spacial score (nSPS) is 13.8. The van der Waals surface area contributed by atoms with E-state index in [4.69, 9.17) is 28.4 Å². The van der Waals surface area contributed by atoms with Crippen molar-refractivity contribution in [2.75, 3.05) is 112 Å². The number of hydrogen-bond donors (Lipinski definition) is 1. The van der Waals surface area contributed by atoms with Crippen molar-refractivity contribution < 1.29 is 38.0 Å². The standard InChI is InChI=1S/C40H55N3O8/c1-42(40(45)39(33-12-5-3-6-13-33)34-14-7-4-8-15-34)37(31-43-18-9-10-19-43)35-16-11-17-36(30-35)41-38(44)32-51-29-28-50-27-26-49-25-24-48-23-22-47-21-20-46-2/h3-8,11-17,30,37,39H,9-10,18-29,31-32H2,1-2H3,(H,41,44). The number of carbonyl (C=O) groups is 2. The van der Waals surface area contributed by atoms with E-state index in [1.165, 1.54) is 0 Å². The molecule has 2 amide bonds. The van der Waals surface area contributed by atoms with Crippen LogP contribution < -0.4 is 5.32 Å². The van der Waals surface area contributed by atoms with E-state index in [1.807, 2.05) is 96.9 Å². The first-order chi connectivity index (χ1) is 25.1. The Hall–Kier alpha value is -3.68. The Morgan fingerprint density at radius 1 is 0.667 bits per heavy atom. The van der Waals surface area contributed by atoms with Crippen LogP contribution in [-0.2, 0) is 38.0 Å². The quantitative estimate of drug-likeness (QED) is 0.125. The highest BCUT2D eigenvalue weighted by Crippen LogP contribution is 2.32. The molecule has 4 rings (SSSR count). The van der Waals surface area contributed by atoms with Crippen molar-refractivity contribution in [3.8, 4) is 0 Å². The molecule has 1 unspecified atom stereocenters. The van der Waals surface area contributed by atoms with Crippen LogP contribution in [0.25, 0.3) is 0 Å². The van der Waals surface area contributed by atoms with Gasteiger partial charge in [0.15, 0.2) is 0 Å². The van der Waals surface area contributed by atoms with Crippen LogP contribution in [0.2, 0.25) is 0 Å². The maximum absolute atomic E-state index is 14.4. The van der Waals surface area contributed by atoms with Gasteiger partial charge in [-0.2, -0.15) is 0 Å². The van der Waals surface area contributed by atoms with E-state index in [2.05, 4.69) is 10.2 Å². The average molecular weight is 706 g/mol. The highest BCUT2D eigenvalue weighted by molar-refractivity contribution is 5.92. The molecule has 1 atom stereocenters. The van der Waals surface area contributed by atoms with Crippen molar-refractivity contribution in [3.05, 3.63) is 102 Å². The maximum Gasteiger partial charge on any atom is 0.250 e. The van der Waals surface area contributed by atoms with Gasteiger partial charge < -0.3 is 43.5 Å². The molecular weight excluding hydrogens is 650 g/mol. The van der Waals surface area contributed by atoms with Gasteiger partial charge in [-0.1, -0.05) is 72.8 Å². The number of amides is 2. The summed E-state index contributed by atoms with van der Waals surface area (Å²) in [6, 6.07) is 27.5. The molecule has 1 fully saturated rings. The number of rotatable bonds is 25. The zero-order chi connectivity index (χ0) is 35.9. The van der Waals surface area contributed by atoms with Gasteiger partial charge in [0.1, 0.15) is 6.61 Å². The number of hydrogen-bond acceptors (Lipinski definition) is 9. The lowest BCUT2D eigenvalue weighted by atomic mass is 9.89. The maximum atomic E-state index is 14.4. The number of methoxy groups -OCH3 is 1. The summed E-state index contributed by atoms with van der Waals surface area (Å²) in [7, 11) is 3.54. The first kappa shape index (κ1) is 40.1. The number of carbonyl (C=O) groups excluding carboxylic acids is 2. The second-order valence-corrected chi connectivity index (χ2v) is 12.4. The van der Waals surface area contributed by atoms with E-state index in [9.17, 15) is 9.59 Å². The van der Waals surface area contributed by atoms with Crippen molar-refractivity contribution >= 4 is 17.5 Å². The number of nitrogens with zero attached hydrogens (tertiary/aromatic N) is 2. The van der Waals surface area contributed by atoms with E-state index >= 15 is 0 Å². The molecule has 11 nitrogen and oxygen atoms in total. The van der Waals surface area contributed by atoms with Crippen molar-refractivity contribution in [1.82, 2.24) is 9.80 Å². The lowest BCUT2D eigenvalue weighted by Crippen LogP contribution is -2.41. The fraction of sp³-hybridized carbons (Fsp3) is 0.500. The van der Waals surface area contributed by atoms with Gasteiger partial charge in [-0.25, -0.2) is 0 Å². The molecule has 1 aliphatic heterocycles. The molecule has 0 saturated carbocycles. The summed E-state index contributed by atoms with van der Waals surface area (Å²) < 4.78 is 32.3. The van der Waals surface area contributed by atoms with Crippen molar-refractivity contribution in [3.63, 3.8) is 0 Å². The first-order valence-corrected chi connectivity index (χ1v) is 17.9. The minimum absolute atomic E-state index is 0.0258. The van der Waals surface area contributed by atoms with Gasteiger partial charge in [-0.05, 0) is 54.8 Å². The Bertz CT molecular complexity index is 1350. The monoisotopic (exact) mass is 705 g/mol. The van der Waals surface area contributed by atoms with Crippen molar-refractivity contribution in [2.24, 2.45) is 0 Å². The van der Waals surface area contributed by atoms with Crippen molar-refractivity contribution in [1.29, 1.82) is 0 Å². The van der Waals surface area contributed by atoms with Gasteiger partial charge in [0.05, 0.1) is 78.0 Å². The molecule has 0 radical (unpaired) electrons. The summed E-state index contributed by atoms with van der Waals surface area (Å²) in [4.78, 5) is 31.5. The lowest BCUT2D eigenvalue weighted by Gasteiger charge is -2.34. The molecule has 1 aliphatic rings. The zero-order valence-electron chi connectivity index (χ0n) is 30.2. The SMILES string of the molecule is COCCOCCOCCOCCOCCOCC(=O)Nc1cccc(C(CN2CCCC2)N(C)C(=O)C(c2ccccc2)c2ccccc2)c1. The van der Waals surface area contributed by atoms with Gasteiger partial charge in [0, 0.05) is 26.4 Å². The lowest BCUT2D eigenvalue weighted by molar-refractivity contribution is -0.133. The summed E-state index contributed by atoms with van der Waals surface area (Å²) >= 11 is 0. The highest BCUT2D eigenvalue weighted by atomic mass is 16.6. The molecular formula is C40H55N3O8. The summed E-state index contributed by atoms with van der Waals surface area (Å²) in [5.41, 5.74) is 3.54. The van der Waals surface area contributed by atoms with E-state index in [0.717, 1.165) is 42.6 Å². The third-order valence-corrected chi connectivity index (χ3v) is 8.67. The third-order valence-electron chi connectivity index (χ3n) is 8.67. The minimum Gasteiger partial charge on any atom is -0.382 e. The molecule has 51 heavy (non-hydrogen) atoms. The van der Waals surface area contributed by atoms with Gasteiger partial charge in [0.25, 0.3) is 0 Å². The minimum atomic E-state index is -0.433.